The molecule has 176 valence electrons. The molecule has 3 heterocycles. The predicted octanol–water partition coefficient (Wildman–Crippen LogP) is 2.74. The molecule has 0 N–H and O–H groups in total. The van der Waals surface area contributed by atoms with Crippen molar-refractivity contribution in [3.63, 3.8) is 0 Å². The number of nitrogens with zero attached hydrogens (tertiary/aromatic N) is 5. The molecule has 1 aliphatic heterocycles. The van der Waals surface area contributed by atoms with Gasteiger partial charge in [-0.1, -0.05) is 18.2 Å². The summed E-state index contributed by atoms with van der Waals surface area (Å²) in [6.45, 7) is 3.60. The molecule has 0 atom stereocenters. The zero-order valence-electron chi connectivity index (χ0n) is 19.1. The highest BCUT2D eigenvalue weighted by molar-refractivity contribution is 5.92. The quantitative estimate of drug-likeness (QED) is 0.354. The minimum absolute atomic E-state index is 0.317. The maximum absolute atomic E-state index is 11.7. The first-order valence-electron chi connectivity index (χ1n) is 11.1. The van der Waals surface area contributed by atoms with Crippen molar-refractivity contribution in [2.75, 3.05) is 44.9 Å². The Balaban J connectivity index is 1.47. The maximum Gasteiger partial charge on any atom is 0.337 e. The number of anilines is 1. The third kappa shape index (κ3) is 6.58. The van der Waals surface area contributed by atoms with Crippen LogP contribution in [0.15, 0.2) is 59.7 Å². The number of hydrogen-bond acceptors (Lipinski definition) is 9. The summed E-state index contributed by atoms with van der Waals surface area (Å²) in [5.74, 6) is 0.415. The molecule has 34 heavy (non-hydrogen) atoms. The van der Waals surface area contributed by atoms with Crippen LogP contribution < -0.4 is 9.64 Å². The molecule has 9 heteroatoms. The second kappa shape index (κ2) is 11.9. The summed E-state index contributed by atoms with van der Waals surface area (Å²) < 4.78 is 16.1. The van der Waals surface area contributed by atoms with Gasteiger partial charge in [0, 0.05) is 43.7 Å². The van der Waals surface area contributed by atoms with E-state index in [-0.39, 0.29) is 5.97 Å². The summed E-state index contributed by atoms with van der Waals surface area (Å²) in [6.07, 6.45) is 4.14. The Morgan fingerprint density at radius 1 is 1.12 bits per heavy atom. The molecule has 1 aromatic carbocycles. The van der Waals surface area contributed by atoms with Crippen molar-refractivity contribution in [3.05, 3.63) is 77.2 Å². The second-order valence-electron chi connectivity index (χ2n) is 7.61. The monoisotopic (exact) mass is 461 g/mol. The van der Waals surface area contributed by atoms with Crippen LogP contribution >= 0.6 is 0 Å². The average Bonchev–Trinajstić information content (AvgIpc) is 2.89. The zero-order valence-corrected chi connectivity index (χ0v) is 19.1. The number of methoxy groups -OCH3 is 1. The Morgan fingerprint density at radius 2 is 2.00 bits per heavy atom. The lowest BCUT2D eigenvalue weighted by Crippen LogP contribution is -2.37. The summed E-state index contributed by atoms with van der Waals surface area (Å²) in [7, 11) is 1.36. The van der Waals surface area contributed by atoms with Crippen LogP contribution in [0, 0.1) is 0 Å². The van der Waals surface area contributed by atoms with Gasteiger partial charge in [0.1, 0.15) is 5.82 Å². The number of carbonyl (C=O) groups is 1. The Hall–Kier alpha value is -3.85. The summed E-state index contributed by atoms with van der Waals surface area (Å²) in [5.41, 5.74) is 2.97. The fourth-order valence-electron chi connectivity index (χ4n) is 3.46. The lowest BCUT2D eigenvalue weighted by atomic mass is 10.1. The van der Waals surface area contributed by atoms with Crippen molar-refractivity contribution in [2.24, 2.45) is 4.99 Å². The molecule has 0 aliphatic carbocycles. The first-order chi connectivity index (χ1) is 16.7. The number of ether oxygens (including phenoxy) is 3. The third-order valence-electron chi connectivity index (χ3n) is 5.20. The van der Waals surface area contributed by atoms with Crippen molar-refractivity contribution in [1.29, 1.82) is 0 Å². The fourth-order valence-corrected chi connectivity index (χ4v) is 3.46. The molecule has 1 fully saturated rings. The van der Waals surface area contributed by atoms with Gasteiger partial charge in [0.25, 0.3) is 0 Å². The Kier molecular flexibility index (Phi) is 8.13. The van der Waals surface area contributed by atoms with E-state index in [9.17, 15) is 4.79 Å². The molecule has 1 saturated heterocycles. The smallest absolute Gasteiger partial charge is 0.337 e. The highest BCUT2D eigenvalue weighted by Crippen LogP contribution is 2.19. The van der Waals surface area contributed by atoms with Gasteiger partial charge in [-0.2, -0.15) is 9.97 Å². The number of rotatable bonds is 9. The van der Waals surface area contributed by atoms with E-state index < -0.39 is 0 Å². The van der Waals surface area contributed by atoms with Gasteiger partial charge >= 0.3 is 12.0 Å². The Bertz CT molecular complexity index is 1120. The van der Waals surface area contributed by atoms with Crippen LogP contribution in [0.4, 0.5) is 5.82 Å². The summed E-state index contributed by atoms with van der Waals surface area (Å²) in [5, 5.41) is 0. The van der Waals surface area contributed by atoms with E-state index in [1.807, 2.05) is 30.3 Å². The molecule has 9 nitrogen and oxygen atoms in total. The molecule has 0 bridgehead atoms. The second-order valence-corrected chi connectivity index (χ2v) is 7.61. The number of aliphatic imine (C=N–C) groups is 1. The van der Waals surface area contributed by atoms with Crippen molar-refractivity contribution >= 4 is 18.0 Å². The van der Waals surface area contributed by atoms with Gasteiger partial charge in [-0.15, -0.1) is 0 Å². The number of carbonyl (C=O) groups excluding carboxylic acids is 1. The molecule has 0 amide bonds. The maximum atomic E-state index is 11.7. The van der Waals surface area contributed by atoms with Crippen LogP contribution in [0.25, 0.3) is 0 Å². The number of pyridine rings is 1. The summed E-state index contributed by atoms with van der Waals surface area (Å²) in [4.78, 5) is 31.9. The van der Waals surface area contributed by atoms with E-state index in [1.165, 1.54) is 7.11 Å². The normalized spacial score (nSPS) is 13.7. The van der Waals surface area contributed by atoms with Crippen LogP contribution in [-0.4, -0.2) is 67.2 Å². The molecule has 1 aliphatic rings. The van der Waals surface area contributed by atoms with Crippen LogP contribution in [0.2, 0.25) is 0 Å². The van der Waals surface area contributed by atoms with Gasteiger partial charge in [0.15, 0.2) is 0 Å². The Morgan fingerprint density at radius 3 is 2.79 bits per heavy atom. The first kappa shape index (κ1) is 23.3. The lowest BCUT2D eigenvalue weighted by molar-refractivity contribution is 0.0600. The highest BCUT2D eigenvalue weighted by atomic mass is 16.5. The van der Waals surface area contributed by atoms with Gasteiger partial charge < -0.3 is 19.1 Å². The van der Waals surface area contributed by atoms with Crippen LogP contribution in [0.5, 0.6) is 6.01 Å². The van der Waals surface area contributed by atoms with Gasteiger partial charge in [0.05, 0.1) is 44.7 Å². The predicted molar refractivity (Wildman–Crippen MR) is 128 cm³/mol. The van der Waals surface area contributed by atoms with Gasteiger partial charge in [-0.3, -0.25) is 9.98 Å². The lowest BCUT2D eigenvalue weighted by Gasteiger charge is -2.28. The molecular formula is C25H27N5O4. The summed E-state index contributed by atoms with van der Waals surface area (Å²) in [6, 6.07) is 15.2. The number of morpholine rings is 1. The van der Waals surface area contributed by atoms with Crippen LogP contribution in [0.1, 0.15) is 27.3 Å². The molecular weight excluding hydrogens is 434 g/mol. The van der Waals surface area contributed by atoms with E-state index >= 15 is 0 Å². The van der Waals surface area contributed by atoms with Crippen molar-refractivity contribution in [1.82, 2.24) is 15.0 Å². The molecule has 2 aromatic heterocycles. The molecule has 0 unspecified atom stereocenters. The highest BCUT2D eigenvalue weighted by Gasteiger charge is 2.15. The van der Waals surface area contributed by atoms with Crippen molar-refractivity contribution in [2.45, 2.75) is 13.0 Å². The average molecular weight is 462 g/mol. The van der Waals surface area contributed by atoms with Crippen molar-refractivity contribution in [3.8, 4) is 6.01 Å². The number of benzene rings is 1. The SMILES string of the molecule is COC(=O)c1cccc(C=NCc2cc(N3CCOCC3)nc(OCCc3ccccn3)n2)c1. The summed E-state index contributed by atoms with van der Waals surface area (Å²) >= 11 is 0. The van der Waals surface area contributed by atoms with Crippen LogP contribution in [-0.2, 0) is 22.4 Å². The first-order valence-corrected chi connectivity index (χ1v) is 11.1. The molecule has 0 saturated carbocycles. The van der Waals surface area contributed by atoms with Gasteiger partial charge in [-0.05, 0) is 29.8 Å². The van der Waals surface area contributed by atoms with Crippen LogP contribution in [0.3, 0.4) is 0 Å². The zero-order chi connectivity index (χ0) is 23.6. The third-order valence-corrected chi connectivity index (χ3v) is 5.20. The standard InChI is InChI=1S/C25H27N5O4/c1-32-24(31)20-6-4-5-19(15-20)17-26-18-22-16-23(30-10-13-33-14-11-30)29-25(28-22)34-12-8-21-7-2-3-9-27-21/h2-7,9,15-17H,8,10-14,18H2,1H3. The van der Waals surface area contributed by atoms with Crippen molar-refractivity contribution < 1.29 is 19.0 Å². The number of hydrogen-bond donors (Lipinski definition) is 0. The van der Waals surface area contributed by atoms with Gasteiger partial charge in [-0.25, -0.2) is 4.79 Å². The fraction of sp³-hybridized carbons (Fsp3) is 0.320. The molecule has 3 aromatic rings. The minimum atomic E-state index is -0.381. The minimum Gasteiger partial charge on any atom is -0.465 e. The van der Waals surface area contributed by atoms with E-state index in [0.717, 1.165) is 35.9 Å². The van der Waals surface area contributed by atoms with E-state index in [2.05, 4.69) is 24.8 Å². The number of aromatic nitrogens is 3. The molecule has 0 spiro atoms. The number of esters is 1. The van der Waals surface area contributed by atoms with Gasteiger partial charge in [0.2, 0.25) is 0 Å². The Labute approximate surface area is 198 Å². The topological polar surface area (TPSA) is 99.0 Å². The molecule has 0 radical (unpaired) electrons. The van der Waals surface area contributed by atoms with E-state index in [0.29, 0.717) is 44.4 Å². The van der Waals surface area contributed by atoms with E-state index in [4.69, 9.17) is 14.2 Å². The van der Waals surface area contributed by atoms with E-state index in [1.54, 1.807) is 30.6 Å². The molecule has 4 rings (SSSR count). The largest absolute Gasteiger partial charge is 0.465 e.